The molecule has 1 aliphatic rings. The van der Waals surface area contributed by atoms with Gasteiger partial charge in [0.05, 0.1) is 0 Å². The van der Waals surface area contributed by atoms with Crippen molar-refractivity contribution in [1.82, 2.24) is 5.32 Å². The lowest BCUT2D eigenvalue weighted by atomic mass is 10.2. The van der Waals surface area contributed by atoms with Gasteiger partial charge < -0.3 is 10.2 Å². The molecule has 1 unspecified atom stereocenters. The highest BCUT2D eigenvalue weighted by Gasteiger charge is 2.24. The minimum absolute atomic E-state index is 0.0336. The average Bonchev–Trinajstić information content (AvgIpc) is 3.08. The van der Waals surface area contributed by atoms with Crippen molar-refractivity contribution in [2.24, 2.45) is 0 Å². The molecule has 0 aromatic heterocycles. The van der Waals surface area contributed by atoms with Crippen LogP contribution in [0.15, 0.2) is 66.7 Å². The molecule has 1 N–H and O–H groups in total. The van der Waals surface area contributed by atoms with E-state index >= 15 is 0 Å². The molecule has 1 atom stereocenters. The summed E-state index contributed by atoms with van der Waals surface area (Å²) < 4.78 is 0. The largest absolute Gasteiger partial charge is 0.367 e. The van der Waals surface area contributed by atoms with Crippen LogP contribution in [0.25, 0.3) is 6.08 Å². The standard InChI is InChI=1S/C20H22N2O/c23-20(14-13-17-8-3-1-4-9-17)21-16-19-12-7-15-22(19)18-10-5-2-6-11-18/h1-6,8-11,13-14,19H,7,12,15-16H2,(H,21,23). The van der Waals surface area contributed by atoms with Gasteiger partial charge in [-0.1, -0.05) is 48.5 Å². The second kappa shape index (κ2) is 7.63. The van der Waals surface area contributed by atoms with E-state index in [4.69, 9.17) is 0 Å². The number of carbonyl (C=O) groups is 1. The summed E-state index contributed by atoms with van der Waals surface area (Å²) in [6, 6.07) is 20.7. The number of rotatable bonds is 5. The van der Waals surface area contributed by atoms with E-state index in [0.717, 1.165) is 18.5 Å². The summed E-state index contributed by atoms with van der Waals surface area (Å²) in [5.74, 6) is -0.0336. The molecule has 1 amide bonds. The van der Waals surface area contributed by atoms with Crippen molar-refractivity contribution in [3.05, 3.63) is 72.3 Å². The van der Waals surface area contributed by atoms with Gasteiger partial charge in [-0.25, -0.2) is 0 Å². The molecule has 23 heavy (non-hydrogen) atoms. The van der Waals surface area contributed by atoms with Crippen molar-refractivity contribution in [3.8, 4) is 0 Å². The van der Waals surface area contributed by atoms with Crippen molar-refractivity contribution >= 4 is 17.7 Å². The first kappa shape index (κ1) is 15.3. The lowest BCUT2D eigenvalue weighted by Gasteiger charge is -2.26. The summed E-state index contributed by atoms with van der Waals surface area (Å²) in [4.78, 5) is 14.4. The molecule has 3 rings (SSSR count). The summed E-state index contributed by atoms with van der Waals surface area (Å²) in [5, 5.41) is 3.03. The number of amides is 1. The minimum Gasteiger partial charge on any atom is -0.367 e. The zero-order valence-corrected chi connectivity index (χ0v) is 13.2. The summed E-state index contributed by atoms with van der Waals surface area (Å²) in [5.41, 5.74) is 2.28. The number of nitrogens with zero attached hydrogens (tertiary/aromatic N) is 1. The maximum Gasteiger partial charge on any atom is 0.244 e. The normalized spacial score (nSPS) is 17.6. The maximum atomic E-state index is 12.0. The maximum absolute atomic E-state index is 12.0. The third kappa shape index (κ3) is 4.22. The molecule has 0 saturated carbocycles. The van der Waals surface area contributed by atoms with Crippen LogP contribution in [0.4, 0.5) is 5.69 Å². The number of anilines is 1. The van der Waals surface area contributed by atoms with Gasteiger partial charge in [-0.05, 0) is 36.6 Å². The number of hydrogen-bond donors (Lipinski definition) is 1. The molecule has 0 bridgehead atoms. The lowest BCUT2D eigenvalue weighted by molar-refractivity contribution is -0.116. The monoisotopic (exact) mass is 306 g/mol. The first-order chi connectivity index (χ1) is 11.3. The van der Waals surface area contributed by atoms with E-state index in [1.807, 2.05) is 42.5 Å². The van der Waals surface area contributed by atoms with E-state index in [-0.39, 0.29) is 5.91 Å². The molecule has 2 aromatic carbocycles. The molecule has 3 nitrogen and oxygen atoms in total. The van der Waals surface area contributed by atoms with Gasteiger partial charge >= 0.3 is 0 Å². The average molecular weight is 306 g/mol. The third-order valence-electron chi connectivity index (χ3n) is 4.20. The van der Waals surface area contributed by atoms with E-state index in [9.17, 15) is 4.79 Å². The Kier molecular flexibility index (Phi) is 5.09. The Labute approximate surface area is 137 Å². The Morgan fingerprint density at radius 3 is 2.52 bits per heavy atom. The molecule has 1 saturated heterocycles. The van der Waals surface area contributed by atoms with Gasteiger partial charge in [0.25, 0.3) is 0 Å². The van der Waals surface area contributed by atoms with Crippen LogP contribution in [-0.4, -0.2) is 25.0 Å². The van der Waals surface area contributed by atoms with Crippen LogP contribution >= 0.6 is 0 Å². The van der Waals surface area contributed by atoms with Crippen molar-refractivity contribution in [2.75, 3.05) is 18.0 Å². The van der Waals surface area contributed by atoms with Crippen LogP contribution in [0.5, 0.6) is 0 Å². The van der Waals surface area contributed by atoms with Crippen LogP contribution in [0.2, 0.25) is 0 Å². The molecule has 1 heterocycles. The number of nitrogens with one attached hydrogen (secondary N) is 1. The SMILES string of the molecule is O=C(C=Cc1ccccc1)NCC1CCCN1c1ccccc1. The van der Waals surface area contributed by atoms with Crippen LogP contribution < -0.4 is 10.2 Å². The Hall–Kier alpha value is -2.55. The predicted octanol–water partition coefficient (Wildman–Crippen LogP) is 3.49. The molecular formula is C20H22N2O. The fourth-order valence-corrected chi connectivity index (χ4v) is 3.02. The Morgan fingerprint density at radius 1 is 1.09 bits per heavy atom. The summed E-state index contributed by atoms with van der Waals surface area (Å²) in [6.45, 7) is 1.75. The highest BCUT2D eigenvalue weighted by atomic mass is 16.1. The third-order valence-corrected chi connectivity index (χ3v) is 4.20. The van der Waals surface area contributed by atoms with E-state index < -0.39 is 0 Å². The molecule has 3 heteroatoms. The smallest absolute Gasteiger partial charge is 0.244 e. The van der Waals surface area contributed by atoms with E-state index in [2.05, 4.69) is 34.5 Å². The Bertz CT molecular complexity index is 652. The Balaban J connectivity index is 1.53. The molecule has 0 radical (unpaired) electrons. The second-order valence-electron chi connectivity index (χ2n) is 5.81. The second-order valence-corrected chi connectivity index (χ2v) is 5.81. The molecule has 2 aromatic rings. The van der Waals surface area contributed by atoms with Gasteiger partial charge in [-0.3, -0.25) is 4.79 Å². The quantitative estimate of drug-likeness (QED) is 0.858. The van der Waals surface area contributed by atoms with Gasteiger partial charge in [0, 0.05) is 30.9 Å². The van der Waals surface area contributed by atoms with Crippen LogP contribution in [0, 0.1) is 0 Å². The fourth-order valence-electron chi connectivity index (χ4n) is 3.02. The summed E-state index contributed by atoms with van der Waals surface area (Å²) in [7, 11) is 0. The van der Waals surface area contributed by atoms with Crippen molar-refractivity contribution in [3.63, 3.8) is 0 Å². The molecular weight excluding hydrogens is 284 g/mol. The fraction of sp³-hybridized carbons (Fsp3) is 0.250. The van der Waals surface area contributed by atoms with E-state index in [1.165, 1.54) is 12.1 Å². The lowest BCUT2D eigenvalue weighted by Crippen LogP contribution is -2.39. The molecule has 0 spiro atoms. The van der Waals surface area contributed by atoms with Crippen LogP contribution in [0.3, 0.4) is 0 Å². The molecule has 0 aliphatic carbocycles. The number of benzene rings is 2. The van der Waals surface area contributed by atoms with Gasteiger partial charge in [0.2, 0.25) is 5.91 Å². The van der Waals surface area contributed by atoms with Crippen molar-refractivity contribution < 1.29 is 4.79 Å². The van der Waals surface area contributed by atoms with Gasteiger partial charge in [-0.15, -0.1) is 0 Å². The van der Waals surface area contributed by atoms with Gasteiger partial charge in [0.1, 0.15) is 0 Å². The first-order valence-corrected chi connectivity index (χ1v) is 8.15. The van der Waals surface area contributed by atoms with E-state index in [1.54, 1.807) is 6.08 Å². The van der Waals surface area contributed by atoms with Crippen molar-refractivity contribution in [1.29, 1.82) is 0 Å². The zero-order valence-electron chi connectivity index (χ0n) is 13.2. The van der Waals surface area contributed by atoms with Gasteiger partial charge in [-0.2, -0.15) is 0 Å². The number of hydrogen-bond acceptors (Lipinski definition) is 2. The first-order valence-electron chi connectivity index (χ1n) is 8.15. The van der Waals surface area contributed by atoms with Crippen molar-refractivity contribution in [2.45, 2.75) is 18.9 Å². The Morgan fingerprint density at radius 2 is 1.78 bits per heavy atom. The summed E-state index contributed by atoms with van der Waals surface area (Å²) >= 11 is 0. The van der Waals surface area contributed by atoms with Gasteiger partial charge in [0.15, 0.2) is 0 Å². The zero-order chi connectivity index (χ0) is 15.9. The van der Waals surface area contributed by atoms with E-state index in [0.29, 0.717) is 12.6 Å². The highest BCUT2D eigenvalue weighted by molar-refractivity contribution is 5.91. The van der Waals surface area contributed by atoms with Crippen LogP contribution in [0.1, 0.15) is 18.4 Å². The topological polar surface area (TPSA) is 32.3 Å². The number of para-hydroxylation sites is 1. The highest BCUT2D eigenvalue weighted by Crippen LogP contribution is 2.24. The summed E-state index contributed by atoms with van der Waals surface area (Å²) in [6.07, 6.45) is 5.75. The molecule has 118 valence electrons. The molecule has 1 aliphatic heterocycles. The minimum atomic E-state index is -0.0336. The number of carbonyl (C=O) groups excluding carboxylic acids is 1. The predicted molar refractivity (Wildman–Crippen MR) is 95.3 cm³/mol. The van der Waals surface area contributed by atoms with Crippen LogP contribution in [-0.2, 0) is 4.79 Å². The molecule has 1 fully saturated rings.